The Bertz CT molecular complexity index is 807. The van der Waals surface area contributed by atoms with E-state index in [0.717, 1.165) is 38.6 Å². The number of fused-ring (bicyclic) bond motifs is 1. The van der Waals surface area contributed by atoms with Crippen molar-refractivity contribution < 1.29 is 14.4 Å². The standard InChI is InChI=1S/C30H53N5O3/c1-20(28-33-22-13-8-9-14-23(22)34-28)31-29(38)24(32-26(36)16-17-30(2,3)4)19-27(37)35-18-10-15-25(35)21-11-6-5-7-12-21/h20-25,28,33-34H,5-19H2,1-4H3,(H,31,38)(H,32,36)/t20-,22?,23?,24-,25+,28?/m0/s1. The SMILES string of the molecule is C[C@H](NC(=O)[C@H](CC(=O)N1CCC[C@@H]1C1CCCCC1)NC(=O)CCC(C)(C)C)C1NC2CCCCC2N1. The van der Waals surface area contributed by atoms with E-state index in [2.05, 4.69) is 42.0 Å². The smallest absolute Gasteiger partial charge is 0.243 e. The van der Waals surface area contributed by atoms with Gasteiger partial charge < -0.3 is 15.5 Å². The molecule has 0 aromatic carbocycles. The van der Waals surface area contributed by atoms with Gasteiger partial charge >= 0.3 is 0 Å². The molecule has 38 heavy (non-hydrogen) atoms. The maximum absolute atomic E-state index is 13.6. The molecule has 4 rings (SSSR count). The normalized spacial score (nSPS) is 29.9. The summed E-state index contributed by atoms with van der Waals surface area (Å²) in [6.45, 7) is 9.08. The second-order valence-electron chi connectivity index (χ2n) is 13.7. The summed E-state index contributed by atoms with van der Waals surface area (Å²) in [5.41, 5.74) is 0.0266. The lowest BCUT2D eigenvalue weighted by molar-refractivity contribution is -0.138. The second-order valence-corrected chi connectivity index (χ2v) is 13.7. The summed E-state index contributed by atoms with van der Waals surface area (Å²) in [7, 11) is 0. The first-order valence-electron chi connectivity index (χ1n) is 15.5. The van der Waals surface area contributed by atoms with Crippen LogP contribution in [0.15, 0.2) is 0 Å². The lowest BCUT2D eigenvalue weighted by atomic mass is 9.83. The average molecular weight is 532 g/mol. The van der Waals surface area contributed by atoms with Crippen LogP contribution >= 0.6 is 0 Å². The van der Waals surface area contributed by atoms with Gasteiger partial charge in [0, 0.05) is 31.1 Å². The molecule has 2 unspecified atom stereocenters. The molecule has 2 heterocycles. The van der Waals surface area contributed by atoms with E-state index >= 15 is 0 Å². The van der Waals surface area contributed by atoms with Gasteiger partial charge in [0.25, 0.3) is 0 Å². The van der Waals surface area contributed by atoms with Crippen molar-refractivity contribution in [1.29, 1.82) is 0 Å². The van der Waals surface area contributed by atoms with Crippen LogP contribution in [0.1, 0.15) is 118 Å². The lowest BCUT2D eigenvalue weighted by Crippen LogP contribution is -2.57. The molecule has 5 atom stereocenters. The zero-order valence-corrected chi connectivity index (χ0v) is 24.3. The van der Waals surface area contributed by atoms with Gasteiger partial charge in [-0.1, -0.05) is 52.9 Å². The van der Waals surface area contributed by atoms with Gasteiger partial charge in [0.15, 0.2) is 0 Å². The van der Waals surface area contributed by atoms with Crippen molar-refractivity contribution >= 4 is 17.7 Å². The third-order valence-electron chi connectivity index (χ3n) is 9.37. The Morgan fingerprint density at radius 2 is 1.50 bits per heavy atom. The molecule has 2 aliphatic carbocycles. The van der Waals surface area contributed by atoms with Gasteiger partial charge in [-0.3, -0.25) is 25.0 Å². The molecule has 216 valence electrons. The molecule has 4 aliphatic rings. The molecule has 4 fully saturated rings. The number of amides is 3. The maximum atomic E-state index is 13.6. The number of hydrogen-bond donors (Lipinski definition) is 4. The predicted octanol–water partition coefficient (Wildman–Crippen LogP) is 3.59. The fraction of sp³-hybridized carbons (Fsp3) is 0.900. The Morgan fingerprint density at radius 3 is 2.13 bits per heavy atom. The van der Waals surface area contributed by atoms with Crippen molar-refractivity contribution in [2.75, 3.05) is 6.54 Å². The summed E-state index contributed by atoms with van der Waals surface area (Å²) in [5.74, 6) is 0.160. The summed E-state index contributed by atoms with van der Waals surface area (Å²) in [4.78, 5) is 42.1. The van der Waals surface area contributed by atoms with Crippen molar-refractivity contribution in [2.45, 2.75) is 154 Å². The Hall–Kier alpha value is -1.67. The fourth-order valence-corrected chi connectivity index (χ4v) is 7.10. The second kappa shape index (κ2) is 13.1. The van der Waals surface area contributed by atoms with Crippen LogP contribution in [0.5, 0.6) is 0 Å². The van der Waals surface area contributed by atoms with Crippen LogP contribution in [0.3, 0.4) is 0 Å². The molecular formula is C30H53N5O3. The lowest BCUT2D eigenvalue weighted by Gasteiger charge is -2.35. The molecule has 2 saturated heterocycles. The highest BCUT2D eigenvalue weighted by Gasteiger charge is 2.39. The Kier molecular flexibility index (Phi) is 10.1. The van der Waals surface area contributed by atoms with E-state index in [1.807, 2.05) is 11.8 Å². The monoisotopic (exact) mass is 531 g/mol. The minimum absolute atomic E-state index is 0.00475. The Morgan fingerprint density at radius 1 is 0.868 bits per heavy atom. The van der Waals surface area contributed by atoms with Crippen molar-refractivity contribution in [1.82, 2.24) is 26.2 Å². The summed E-state index contributed by atoms with van der Waals surface area (Å²) >= 11 is 0. The van der Waals surface area contributed by atoms with Crippen LogP contribution in [0.25, 0.3) is 0 Å². The highest BCUT2D eigenvalue weighted by Crippen LogP contribution is 2.34. The van der Waals surface area contributed by atoms with Crippen molar-refractivity contribution in [3.8, 4) is 0 Å². The third kappa shape index (κ3) is 7.93. The molecule has 2 saturated carbocycles. The first-order valence-corrected chi connectivity index (χ1v) is 15.5. The number of nitrogens with one attached hydrogen (secondary N) is 4. The van der Waals surface area contributed by atoms with E-state index in [1.165, 1.54) is 44.9 Å². The number of carbonyl (C=O) groups excluding carboxylic acids is 3. The molecule has 0 aromatic heterocycles. The van der Waals surface area contributed by atoms with Crippen molar-refractivity contribution in [2.24, 2.45) is 11.3 Å². The highest BCUT2D eigenvalue weighted by atomic mass is 16.2. The van der Waals surface area contributed by atoms with E-state index in [9.17, 15) is 14.4 Å². The molecule has 3 amide bonds. The summed E-state index contributed by atoms with van der Waals surface area (Å²) in [6.07, 6.45) is 14.2. The first kappa shape index (κ1) is 29.3. The van der Waals surface area contributed by atoms with Crippen LogP contribution in [-0.2, 0) is 14.4 Å². The van der Waals surface area contributed by atoms with Crippen molar-refractivity contribution in [3.63, 3.8) is 0 Å². The Balaban J connectivity index is 1.39. The predicted molar refractivity (Wildman–Crippen MR) is 150 cm³/mol. The van der Waals surface area contributed by atoms with Gasteiger partial charge in [0.1, 0.15) is 6.04 Å². The van der Waals surface area contributed by atoms with Gasteiger partial charge in [-0.25, -0.2) is 0 Å². The van der Waals surface area contributed by atoms with Crippen LogP contribution in [0.4, 0.5) is 0 Å². The topological polar surface area (TPSA) is 103 Å². The zero-order valence-electron chi connectivity index (χ0n) is 24.3. The van der Waals surface area contributed by atoms with Crippen LogP contribution in [0, 0.1) is 11.3 Å². The minimum atomic E-state index is -0.853. The van der Waals surface area contributed by atoms with E-state index < -0.39 is 6.04 Å². The summed E-state index contributed by atoms with van der Waals surface area (Å²) < 4.78 is 0. The molecule has 0 bridgehead atoms. The quantitative estimate of drug-likeness (QED) is 0.364. The number of likely N-dealkylation sites (tertiary alicyclic amines) is 1. The molecular weight excluding hydrogens is 478 g/mol. The van der Waals surface area contributed by atoms with E-state index in [-0.39, 0.29) is 47.8 Å². The molecule has 0 radical (unpaired) electrons. The summed E-state index contributed by atoms with van der Waals surface area (Å²) in [5, 5.41) is 13.4. The van der Waals surface area contributed by atoms with E-state index in [1.54, 1.807) is 0 Å². The zero-order chi connectivity index (χ0) is 27.3. The largest absolute Gasteiger partial charge is 0.349 e. The molecule has 0 spiro atoms. The van der Waals surface area contributed by atoms with Gasteiger partial charge in [0.2, 0.25) is 17.7 Å². The van der Waals surface area contributed by atoms with E-state index in [4.69, 9.17) is 0 Å². The van der Waals surface area contributed by atoms with Gasteiger partial charge in [0.05, 0.1) is 18.6 Å². The molecule has 8 heteroatoms. The van der Waals surface area contributed by atoms with Crippen LogP contribution in [0.2, 0.25) is 0 Å². The molecule has 2 aliphatic heterocycles. The average Bonchev–Trinajstić information content (AvgIpc) is 3.55. The molecule has 0 aromatic rings. The van der Waals surface area contributed by atoms with Crippen LogP contribution in [-0.4, -0.2) is 65.5 Å². The maximum Gasteiger partial charge on any atom is 0.243 e. The molecule has 8 nitrogen and oxygen atoms in total. The van der Waals surface area contributed by atoms with Gasteiger partial charge in [-0.2, -0.15) is 0 Å². The third-order valence-corrected chi connectivity index (χ3v) is 9.37. The number of nitrogens with zero attached hydrogens (tertiary/aromatic N) is 1. The molecule has 4 N–H and O–H groups in total. The van der Waals surface area contributed by atoms with Gasteiger partial charge in [-0.05, 0) is 63.2 Å². The number of carbonyl (C=O) groups is 3. The fourth-order valence-electron chi connectivity index (χ4n) is 7.10. The number of hydrogen-bond acceptors (Lipinski definition) is 5. The van der Waals surface area contributed by atoms with Crippen molar-refractivity contribution in [3.05, 3.63) is 0 Å². The highest BCUT2D eigenvalue weighted by molar-refractivity contribution is 5.92. The van der Waals surface area contributed by atoms with E-state index in [0.29, 0.717) is 24.4 Å². The van der Waals surface area contributed by atoms with Gasteiger partial charge in [-0.15, -0.1) is 0 Å². The summed E-state index contributed by atoms with van der Waals surface area (Å²) in [6, 6.07) is 0.189. The van der Waals surface area contributed by atoms with Crippen LogP contribution < -0.4 is 21.3 Å². The minimum Gasteiger partial charge on any atom is -0.349 e. The first-order chi connectivity index (χ1) is 18.1. The Labute approximate surface area is 230 Å². The number of rotatable bonds is 9.